The maximum Gasteiger partial charge on any atom is 0.333 e. The van der Waals surface area contributed by atoms with Crippen molar-refractivity contribution in [3.05, 3.63) is 89.2 Å². The minimum atomic E-state index is -3.76. The van der Waals surface area contributed by atoms with Crippen LogP contribution >= 0.6 is 0 Å². The summed E-state index contributed by atoms with van der Waals surface area (Å²) in [4.78, 5) is 109. The van der Waals surface area contributed by atoms with E-state index in [1.807, 2.05) is 0 Å². The molecule has 4 N–H and O–H groups in total. The van der Waals surface area contributed by atoms with Crippen LogP contribution in [-0.4, -0.2) is 85.1 Å². The highest BCUT2D eigenvalue weighted by atomic mass is 32.2. The van der Waals surface area contributed by atoms with Crippen molar-refractivity contribution in [3.63, 3.8) is 0 Å². The van der Waals surface area contributed by atoms with E-state index in [1.54, 1.807) is 50.4 Å². The van der Waals surface area contributed by atoms with E-state index in [1.165, 1.54) is 41.8 Å². The summed E-state index contributed by atoms with van der Waals surface area (Å²) in [5.41, 5.74) is 0.764. The summed E-state index contributed by atoms with van der Waals surface area (Å²) < 4.78 is 44.4. The molecule has 4 amide bonds. The van der Waals surface area contributed by atoms with Crippen molar-refractivity contribution in [2.24, 2.45) is 51.9 Å². The van der Waals surface area contributed by atoms with Gasteiger partial charge in [0, 0.05) is 91.5 Å². The van der Waals surface area contributed by atoms with Crippen LogP contribution in [0.2, 0.25) is 0 Å². The molecule has 4 saturated carbocycles. The van der Waals surface area contributed by atoms with Crippen LogP contribution in [0, 0.1) is 47.4 Å². The van der Waals surface area contributed by atoms with Crippen LogP contribution in [0.5, 0.6) is 0 Å². The molecular formula is C52H56N12O11S2. The van der Waals surface area contributed by atoms with Crippen molar-refractivity contribution in [2.75, 3.05) is 32.8 Å². The van der Waals surface area contributed by atoms with Gasteiger partial charge in [0.2, 0.25) is 43.8 Å². The van der Waals surface area contributed by atoms with Gasteiger partial charge in [-0.2, -0.15) is 4.98 Å². The smallest absolute Gasteiger partial charge is 0.326 e. The minimum Gasteiger partial charge on any atom is -0.326 e. The Morgan fingerprint density at radius 1 is 0.558 bits per heavy atom. The van der Waals surface area contributed by atoms with Crippen LogP contribution in [0.25, 0.3) is 22.3 Å². The zero-order valence-corrected chi connectivity index (χ0v) is 44.8. The Labute approximate surface area is 442 Å². The number of aromatic nitrogens is 8. The lowest BCUT2D eigenvalue weighted by atomic mass is 10.1. The van der Waals surface area contributed by atoms with Gasteiger partial charge in [0.25, 0.3) is 11.1 Å². The first-order chi connectivity index (χ1) is 36.7. The number of sulfone groups is 1. The molecule has 4 fully saturated rings. The van der Waals surface area contributed by atoms with E-state index in [0.717, 1.165) is 65.1 Å². The summed E-state index contributed by atoms with van der Waals surface area (Å²) in [5, 5.41) is 11.4. The molecule has 77 heavy (non-hydrogen) atoms. The molecule has 0 radical (unpaired) electrons. The molecule has 4 heterocycles. The molecule has 10 rings (SSSR count). The number of benzene rings is 2. The second kappa shape index (κ2) is 21.5. The fraction of sp³-hybridized carbons (Fsp3) is 0.423. The molecule has 0 bridgehead atoms. The second-order valence-corrected chi connectivity index (χ2v) is 23.3. The number of carbonyl (C=O) groups excluding carboxylic acids is 4. The lowest BCUT2D eigenvalue weighted by molar-refractivity contribution is -0.118. The zero-order valence-electron chi connectivity index (χ0n) is 43.1. The number of nitrogens with one attached hydrogen (secondary N) is 4. The molecule has 402 valence electrons. The van der Waals surface area contributed by atoms with Crippen LogP contribution in [0.3, 0.4) is 0 Å². The summed E-state index contributed by atoms with van der Waals surface area (Å²) in [6.45, 7) is 2.94. The summed E-state index contributed by atoms with van der Waals surface area (Å²) in [6.07, 6.45) is 6.81. The van der Waals surface area contributed by atoms with Gasteiger partial charge in [-0.05, 0) is 87.8 Å². The summed E-state index contributed by atoms with van der Waals surface area (Å²) in [7, 11) is 0.493. The van der Waals surface area contributed by atoms with Crippen LogP contribution < -0.4 is 43.8 Å². The molecule has 2 aromatic carbocycles. The molecule has 23 nitrogen and oxygen atoms in total. The standard InChI is InChI=1S/C26H28N6O6S.C26H28N6O5S/c1-4-39(37,38)25-29-21-20(30(25)2)24(35)31(3)26(36)32(21)11-5-6-15-12-18(27-22(33)16-7-8-16)14-19(13-15)28-23(34)17-9-10-17;1-4-38(37)25-29-21-20(30(25)2)24(35)31(3)26(36)32(21)11-5-6-15-12-18(27-22(33)16-7-8-16)14-19(13-15)28-23(34)17-9-10-17/h12-14,16-17H,4,7-11H2,1-3H3,(H,27,33)(H,28,34);12-14,16-17H,4,7-11H2,1-3H3,(H,27,33)(H,28,34). The zero-order chi connectivity index (χ0) is 55.2. The first-order valence-electron chi connectivity index (χ1n) is 25.1. The first kappa shape index (κ1) is 53.7. The quantitative estimate of drug-likeness (QED) is 0.114. The average molecular weight is 1090 g/mol. The van der Waals surface area contributed by atoms with Gasteiger partial charge in [-0.15, -0.1) is 0 Å². The monoisotopic (exact) mass is 1090 g/mol. The molecule has 25 heteroatoms. The van der Waals surface area contributed by atoms with Gasteiger partial charge < -0.3 is 30.4 Å². The van der Waals surface area contributed by atoms with Gasteiger partial charge in [0.1, 0.15) is 0 Å². The number of imidazole rings is 2. The molecule has 1 atom stereocenters. The Bertz CT molecular complexity index is 3920. The number of nitrogens with zero attached hydrogens (tertiary/aromatic N) is 8. The minimum absolute atomic E-state index is 0.0111. The normalized spacial score (nSPS) is 15.3. The molecule has 6 aromatic rings. The third-order valence-electron chi connectivity index (χ3n) is 13.4. The fourth-order valence-electron chi connectivity index (χ4n) is 8.33. The molecule has 0 saturated heterocycles. The molecular weight excluding hydrogens is 1030 g/mol. The van der Waals surface area contributed by atoms with Gasteiger partial charge in [0.15, 0.2) is 22.3 Å². The highest BCUT2D eigenvalue weighted by molar-refractivity contribution is 7.91. The van der Waals surface area contributed by atoms with E-state index in [0.29, 0.717) is 39.6 Å². The van der Waals surface area contributed by atoms with E-state index in [9.17, 15) is 51.0 Å². The maximum absolute atomic E-state index is 12.9. The van der Waals surface area contributed by atoms with Gasteiger partial charge in [-0.1, -0.05) is 37.5 Å². The van der Waals surface area contributed by atoms with E-state index in [-0.39, 0.29) is 98.8 Å². The van der Waals surface area contributed by atoms with Crippen LogP contribution in [-0.2, 0) is 81.1 Å². The largest absolute Gasteiger partial charge is 0.333 e. The molecule has 4 aliphatic rings. The Morgan fingerprint density at radius 3 is 1.25 bits per heavy atom. The van der Waals surface area contributed by atoms with Crippen LogP contribution in [0.1, 0.15) is 76.3 Å². The number of amides is 4. The average Bonchev–Trinajstić information content (AvgIpc) is 4.19. The Morgan fingerprint density at radius 2 is 0.909 bits per heavy atom. The van der Waals surface area contributed by atoms with Crippen molar-refractivity contribution in [1.82, 2.24) is 37.4 Å². The number of rotatable bonds is 14. The van der Waals surface area contributed by atoms with Crippen molar-refractivity contribution >= 4 is 89.3 Å². The molecule has 4 aromatic heterocycles. The van der Waals surface area contributed by atoms with Crippen molar-refractivity contribution < 1.29 is 31.8 Å². The summed E-state index contributed by atoms with van der Waals surface area (Å²) in [5.74, 6) is 11.6. The van der Waals surface area contributed by atoms with Gasteiger partial charge in [-0.3, -0.25) is 51.2 Å². The lowest BCUT2D eigenvalue weighted by Gasteiger charge is -2.10. The van der Waals surface area contributed by atoms with Crippen LogP contribution in [0.4, 0.5) is 22.7 Å². The third kappa shape index (κ3) is 11.7. The number of hydrogen-bond acceptors (Lipinski definition) is 13. The molecule has 4 aliphatic carbocycles. The van der Waals surface area contributed by atoms with Gasteiger partial charge >= 0.3 is 11.4 Å². The Kier molecular flexibility index (Phi) is 15.0. The number of aryl methyl sites for hydroxylation is 2. The number of carbonyl (C=O) groups is 4. The third-order valence-corrected chi connectivity index (χ3v) is 16.4. The topological polar surface area (TPSA) is 291 Å². The number of fused-ring (bicyclic) bond motifs is 2. The van der Waals surface area contributed by atoms with Gasteiger partial charge in [0.05, 0.1) is 29.6 Å². The van der Waals surface area contributed by atoms with E-state index in [2.05, 4.69) is 54.9 Å². The highest BCUT2D eigenvalue weighted by Gasteiger charge is 2.33. The predicted molar refractivity (Wildman–Crippen MR) is 287 cm³/mol. The van der Waals surface area contributed by atoms with Crippen molar-refractivity contribution in [3.8, 4) is 23.7 Å². The summed E-state index contributed by atoms with van der Waals surface area (Å²) in [6, 6.07) is 10.1. The van der Waals surface area contributed by atoms with Crippen molar-refractivity contribution in [2.45, 2.75) is 88.6 Å². The molecule has 0 spiro atoms. The SMILES string of the molecule is CCS(=O)(=O)c1nc2c(c(=O)n(C)c(=O)n2CC#Cc2cc(NC(=O)C3CC3)cc(NC(=O)C3CC3)c2)n1C.CCS(=O)c1nc2c(c(=O)n(C)c(=O)n2CC#Cc2cc(NC(=O)C3CC3)cc(NC(=O)C3CC3)c2)n1C. The lowest BCUT2D eigenvalue weighted by Crippen LogP contribution is -2.38. The fourth-order valence-corrected chi connectivity index (χ4v) is 10.2. The first-order valence-corrected chi connectivity index (χ1v) is 28.1. The van der Waals surface area contributed by atoms with E-state index in [4.69, 9.17) is 0 Å². The van der Waals surface area contributed by atoms with E-state index < -0.39 is 43.1 Å². The maximum atomic E-state index is 12.9. The highest BCUT2D eigenvalue weighted by Crippen LogP contribution is 2.34. The molecule has 0 aliphatic heterocycles. The summed E-state index contributed by atoms with van der Waals surface area (Å²) >= 11 is 0. The predicted octanol–water partition coefficient (Wildman–Crippen LogP) is 2.29. The Balaban J connectivity index is 0.000000188. The van der Waals surface area contributed by atoms with Gasteiger partial charge in [-0.25, -0.2) is 23.0 Å². The van der Waals surface area contributed by atoms with Crippen molar-refractivity contribution in [1.29, 1.82) is 0 Å². The number of hydrogen-bond donors (Lipinski definition) is 4. The number of anilines is 4. The molecule has 1 unspecified atom stereocenters. The van der Waals surface area contributed by atoms with Crippen LogP contribution in [0.15, 0.2) is 65.9 Å². The van der Waals surface area contributed by atoms with E-state index >= 15 is 0 Å². The second-order valence-electron chi connectivity index (χ2n) is 19.5. The Hall–Kier alpha value is -8.16.